The minimum Gasteiger partial charge on any atom is -0.330 e. The number of piperidine rings is 1. The van der Waals surface area contributed by atoms with Gasteiger partial charge >= 0.3 is 0 Å². The van der Waals surface area contributed by atoms with Gasteiger partial charge in [0, 0.05) is 30.7 Å². The maximum Gasteiger partial charge on any atom is 0.242 e. The third-order valence-corrected chi connectivity index (χ3v) is 7.96. The van der Waals surface area contributed by atoms with E-state index in [4.69, 9.17) is 5.73 Å². The summed E-state index contributed by atoms with van der Waals surface area (Å²) in [5.74, 6) is 0.892. The lowest BCUT2D eigenvalue weighted by Gasteiger charge is -2.38. The first-order chi connectivity index (χ1) is 16.5. The van der Waals surface area contributed by atoms with Crippen molar-refractivity contribution in [1.29, 1.82) is 5.26 Å². The lowest BCUT2D eigenvalue weighted by Crippen LogP contribution is -2.57. The quantitative estimate of drug-likeness (QED) is 0.613. The molecule has 3 saturated heterocycles. The van der Waals surface area contributed by atoms with Gasteiger partial charge in [-0.15, -0.1) is 10.2 Å². The molecule has 1 aromatic heterocycles. The van der Waals surface area contributed by atoms with Crippen LogP contribution < -0.4 is 5.73 Å². The number of nitrogens with two attached hydrogens (primary N) is 1. The molecule has 6 rings (SSSR count). The van der Waals surface area contributed by atoms with E-state index in [2.05, 4.69) is 31.6 Å². The van der Waals surface area contributed by atoms with Gasteiger partial charge < -0.3 is 15.5 Å². The van der Waals surface area contributed by atoms with E-state index in [0.717, 1.165) is 30.4 Å². The van der Waals surface area contributed by atoms with Crippen molar-refractivity contribution in [3.8, 4) is 17.5 Å². The lowest BCUT2D eigenvalue weighted by molar-refractivity contribution is -0.141. The molecule has 4 heterocycles. The van der Waals surface area contributed by atoms with Crippen molar-refractivity contribution in [3.05, 3.63) is 29.8 Å². The van der Waals surface area contributed by atoms with Crippen molar-refractivity contribution in [2.24, 2.45) is 11.7 Å². The van der Waals surface area contributed by atoms with Gasteiger partial charge in [0.2, 0.25) is 17.6 Å². The second kappa shape index (κ2) is 7.85. The largest absolute Gasteiger partial charge is 0.330 e. The fraction of sp³-hybridized carbons (Fsp3) is 0.565. The number of amides is 2. The predicted molar refractivity (Wildman–Crippen MR) is 119 cm³/mol. The molecule has 34 heavy (non-hydrogen) atoms. The fourth-order valence-electron chi connectivity index (χ4n) is 6.19. The number of piperazine rings is 1. The number of aromatic amines is 1. The summed E-state index contributed by atoms with van der Waals surface area (Å²) in [4.78, 5) is 32.1. The number of carbonyl (C=O) groups excluding carboxylic acids is 2. The van der Waals surface area contributed by atoms with E-state index in [1.165, 1.54) is 0 Å². The Kier molecular flexibility index (Phi) is 4.89. The van der Waals surface area contributed by atoms with Gasteiger partial charge in [0.1, 0.15) is 6.04 Å². The maximum atomic E-state index is 13.3. The molecule has 0 radical (unpaired) electrons. The Hall–Kier alpha value is -3.36. The summed E-state index contributed by atoms with van der Waals surface area (Å²) in [5.41, 5.74) is 8.17. The van der Waals surface area contributed by atoms with Gasteiger partial charge in [-0.2, -0.15) is 10.5 Å². The highest BCUT2D eigenvalue weighted by atomic mass is 16.2. The highest BCUT2D eigenvalue weighted by Crippen LogP contribution is 2.48. The van der Waals surface area contributed by atoms with Crippen molar-refractivity contribution in [1.82, 2.24) is 35.3 Å². The minimum absolute atomic E-state index is 0.0756. The first kappa shape index (κ1) is 21.2. The number of H-pyrrole nitrogens is 1. The summed E-state index contributed by atoms with van der Waals surface area (Å²) in [7, 11) is 0. The SMILES string of the molecule is C[C@H](c1cccc(-c2nn[nH]n2)c1)N1C(=O)[C@H]2CC1CN2C[C@H](N)C(=O)N1[C@H](C#N)C[C@@H]2C[C@@H]21. The standard InChI is InChI=1S/C23H27N9O2/c1-12(13-3-2-4-14(5-13)21-26-28-29-27-21)31-17-8-20(23(31)34)30(10-17)11-18(25)22(33)32-16(9-24)6-15-7-19(15)32/h2-5,12,15-20H,6-8,10-11,25H2,1H3,(H,26,27,28,29)/t12-,15-,16+,17?,18+,19+,20-/m1/s1. The second-order valence-electron chi connectivity index (χ2n) is 9.94. The van der Waals surface area contributed by atoms with Crippen LogP contribution in [0.15, 0.2) is 24.3 Å². The van der Waals surface area contributed by atoms with Crippen LogP contribution in [0.3, 0.4) is 0 Å². The molecule has 2 bridgehead atoms. The zero-order valence-corrected chi connectivity index (χ0v) is 18.9. The van der Waals surface area contributed by atoms with Crippen molar-refractivity contribution < 1.29 is 9.59 Å². The summed E-state index contributed by atoms with van der Waals surface area (Å²) >= 11 is 0. The van der Waals surface area contributed by atoms with E-state index in [9.17, 15) is 14.9 Å². The van der Waals surface area contributed by atoms with E-state index in [-0.39, 0.29) is 42.0 Å². The van der Waals surface area contributed by atoms with Gasteiger partial charge in [-0.1, -0.05) is 18.2 Å². The van der Waals surface area contributed by atoms with Crippen LogP contribution in [-0.2, 0) is 9.59 Å². The maximum absolute atomic E-state index is 13.3. The number of carbonyl (C=O) groups is 2. The molecular weight excluding hydrogens is 434 g/mol. The van der Waals surface area contributed by atoms with Gasteiger partial charge in [-0.05, 0) is 48.9 Å². The highest BCUT2D eigenvalue weighted by Gasteiger charge is 2.56. The van der Waals surface area contributed by atoms with Crippen LogP contribution in [0.1, 0.15) is 37.8 Å². The smallest absolute Gasteiger partial charge is 0.242 e. The zero-order chi connectivity index (χ0) is 23.6. The number of fused-ring (bicyclic) bond motifs is 3. The second-order valence-corrected chi connectivity index (χ2v) is 9.94. The number of likely N-dealkylation sites (tertiary alicyclic amines) is 3. The van der Waals surface area contributed by atoms with Crippen molar-refractivity contribution >= 4 is 11.8 Å². The number of aromatic nitrogens is 4. The lowest BCUT2D eigenvalue weighted by atomic mass is 10.0. The number of rotatable bonds is 6. The molecule has 1 saturated carbocycles. The van der Waals surface area contributed by atoms with E-state index >= 15 is 0 Å². The topological polar surface area (TPSA) is 148 Å². The summed E-state index contributed by atoms with van der Waals surface area (Å²) < 4.78 is 0. The van der Waals surface area contributed by atoms with E-state index in [1.807, 2.05) is 36.1 Å². The number of nitrogens with one attached hydrogen (secondary N) is 1. The minimum atomic E-state index is -0.722. The fourth-order valence-corrected chi connectivity index (χ4v) is 6.19. The molecule has 4 aliphatic rings. The molecule has 1 unspecified atom stereocenters. The third kappa shape index (κ3) is 3.28. The Morgan fingerprint density at radius 3 is 2.94 bits per heavy atom. The average molecular weight is 462 g/mol. The molecule has 2 aromatic rings. The van der Waals surface area contributed by atoms with E-state index in [1.54, 1.807) is 4.90 Å². The van der Waals surface area contributed by atoms with Crippen LogP contribution in [-0.4, -0.2) is 90.4 Å². The van der Waals surface area contributed by atoms with Gasteiger partial charge in [0.15, 0.2) is 0 Å². The molecule has 1 aromatic carbocycles. The van der Waals surface area contributed by atoms with Crippen molar-refractivity contribution in [2.75, 3.05) is 13.1 Å². The van der Waals surface area contributed by atoms with Crippen LogP contribution in [0.25, 0.3) is 11.4 Å². The molecule has 11 heteroatoms. The van der Waals surface area contributed by atoms with Gasteiger partial charge in [0.05, 0.1) is 24.2 Å². The van der Waals surface area contributed by atoms with Crippen LogP contribution in [0.5, 0.6) is 0 Å². The van der Waals surface area contributed by atoms with Gasteiger partial charge in [-0.3, -0.25) is 14.5 Å². The Bertz CT molecular complexity index is 1160. The van der Waals surface area contributed by atoms with Crippen LogP contribution in [0.4, 0.5) is 0 Å². The molecule has 3 N–H and O–H groups in total. The number of tetrazole rings is 1. The number of nitrogens with zero attached hydrogens (tertiary/aromatic N) is 7. The van der Waals surface area contributed by atoms with E-state index in [0.29, 0.717) is 24.8 Å². The highest BCUT2D eigenvalue weighted by molar-refractivity contribution is 5.87. The Labute approximate surface area is 196 Å². The number of benzene rings is 1. The first-order valence-electron chi connectivity index (χ1n) is 11.8. The van der Waals surface area contributed by atoms with Crippen molar-refractivity contribution in [2.45, 2.75) is 62.4 Å². The van der Waals surface area contributed by atoms with Crippen LogP contribution in [0.2, 0.25) is 0 Å². The summed E-state index contributed by atoms with van der Waals surface area (Å²) in [6, 6.07) is 8.92. The summed E-state index contributed by atoms with van der Waals surface area (Å²) in [5, 5.41) is 23.6. The number of hydrogen-bond acceptors (Lipinski definition) is 8. The molecule has 0 spiro atoms. The average Bonchev–Trinajstić information content (AvgIpc) is 3.28. The Morgan fingerprint density at radius 1 is 1.35 bits per heavy atom. The Balaban J connectivity index is 1.12. The van der Waals surface area contributed by atoms with Gasteiger partial charge in [0.25, 0.3) is 0 Å². The Morgan fingerprint density at radius 2 is 2.21 bits per heavy atom. The molecule has 1 aliphatic carbocycles. The first-order valence-corrected chi connectivity index (χ1v) is 11.8. The molecule has 3 aliphatic heterocycles. The molecule has 2 amide bonds. The van der Waals surface area contributed by atoms with Crippen LogP contribution in [0, 0.1) is 17.2 Å². The third-order valence-electron chi connectivity index (χ3n) is 7.96. The van der Waals surface area contributed by atoms with E-state index < -0.39 is 6.04 Å². The summed E-state index contributed by atoms with van der Waals surface area (Å²) in [6.45, 7) is 3.07. The molecule has 4 fully saturated rings. The molecule has 11 nitrogen and oxygen atoms in total. The normalized spacial score (nSPS) is 31.4. The number of hydrogen-bond donors (Lipinski definition) is 2. The van der Waals surface area contributed by atoms with Crippen molar-refractivity contribution in [3.63, 3.8) is 0 Å². The predicted octanol–water partition coefficient (Wildman–Crippen LogP) is 0.0531. The molecular formula is C23H27N9O2. The monoisotopic (exact) mass is 461 g/mol. The van der Waals surface area contributed by atoms with Crippen LogP contribution >= 0.6 is 0 Å². The number of nitriles is 1. The van der Waals surface area contributed by atoms with Gasteiger partial charge in [-0.25, -0.2) is 0 Å². The molecule has 7 atom stereocenters. The molecule has 176 valence electrons. The zero-order valence-electron chi connectivity index (χ0n) is 18.9. The summed E-state index contributed by atoms with van der Waals surface area (Å²) in [6.07, 6.45) is 2.47.